The van der Waals surface area contributed by atoms with E-state index in [1.54, 1.807) is 7.05 Å². The van der Waals surface area contributed by atoms with Crippen molar-refractivity contribution in [1.29, 1.82) is 0 Å². The minimum absolute atomic E-state index is 0.00161. The molecule has 0 aromatic carbocycles. The Balaban J connectivity index is 0.669. The van der Waals surface area contributed by atoms with Gasteiger partial charge in [0.1, 0.15) is 6.04 Å². The molecule has 0 aromatic rings. The first-order valence-corrected chi connectivity index (χ1v) is 31.8. The lowest BCUT2D eigenvalue weighted by Crippen LogP contribution is -2.58. The molecule has 3 amide bonds. The van der Waals surface area contributed by atoms with E-state index in [0.29, 0.717) is 82.4 Å². The van der Waals surface area contributed by atoms with Crippen LogP contribution in [0.1, 0.15) is 182 Å². The Hall–Kier alpha value is -2.76. The number of nitrogens with one attached hydrogen (secondary N) is 3. The summed E-state index contributed by atoms with van der Waals surface area (Å²) in [6, 6.07) is 0.417. The van der Waals surface area contributed by atoms with Crippen LogP contribution >= 0.6 is 0 Å². The number of ketones is 1. The van der Waals surface area contributed by atoms with Gasteiger partial charge in [0.05, 0.1) is 57.9 Å². The average molecular weight is 1090 g/mol. The number of nitrogens with zero attached hydrogens (tertiary/aromatic N) is 3. The zero-order valence-electron chi connectivity index (χ0n) is 49.5. The van der Waals surface area contributed by atoms with E-state index in [0.717, 1.165) is 178 Å². The number of likely N-dealkylation sites (tertiary alicyclic amines) is 2. The molecule has 4 aliphatic carbocycles. The molecule has 0 spiro atoms. The predicted octanol–water partition coefficient (Wildman–Crippen LogP) is 8.33. The van der Waals surface area contributed by atoms with Gasteiger partial charge in [0.15, 0.2) is 5.78 Å². The van der Waals surface area contributed by atoms with Crippen molar-refractivity contribution in [2.45, 2.75) is 231 Å². The third kappa shape index (κ3) is 16.9. The van der Waals surface area contributed by atoms with Crippen molar-refractivity contribution in [3.63, 3.8) is 0 Å². The van der Waals surface area contributed by atoms with Crippen LogP contribution in [0, 0.1) is 29.6 Å². The first-order chi connectivity index (χ1) is 37.9. The lowest BCUT2D eigenvalue weighted by Gasteiger charge is -2.46. The SMILES string of the molecule is CCN(C1CCOCC1)C1CC(C2CCC(OCCOCCOCCOC3CCC(CCN4CCC5CCN(C(=O)C(NC(=O)C(C)NC)C6CCCCC6)C5C4)CC3)CC2)CC(C(=O)CCC2=C(C)CC(C)NC2=O)=C1C. The molecular formula is C63H106N6O9. The molecule has 4 heterocycles. The van der Waals surface area contributed by atoms with Gasteiger partial charge in [-0.25, -0.2) is 0 Å². The Bertz CT molecular complexity index is 1970. The van der Waals surface area contributed by atoms with Crippen molar-refractivity contribution >= 4 is 23.5 Å². The zero-order chi connectivity index (χ0) is 55.0. The van der Waals surface area contributed by atoms with Crippen LogP contribution in [0.15, 0.2) is 22.3 Å². The number of carbonyl (C=O) groups is 4. The van der Waals surface area contributed by atoms with Gasteiger partial charge in [-0.15, -0.1) is 0 Å². The van der Waals surface area contributed by atoms with Gasteiger partial charge >= 0.3 is 0 Å². The fourth-order valence-corrected chi connectivity index (χ4v) is 15.5. The molecule has 7 unspecified atom stereocenters. The van der Waals surface area contributed by atoms with Crippen LogP contribution in [-0.4, -0.2) is 179 Å². The smallest absolute Gasteiger partial charge is 0.247 e. The lowest BCUT2D eigenvalue weighted by atomic mass is 9.68. The Labute approximate surface area is 470 Å². The summed E-state index contributed by atoms with van der Waals surface area (Å²) in [7, 11) is 1.80. The van der Waals surface area contributed by atoms with Crippen LogP contribution in [0.4, 0.5) is 0 Å². The van der Waals surface area contributed by atoms with E-state index in [2.05, 4.69) is 51.4 Å². The lowest BCUT2D eigenvalue weighted by molar-refractivity contribution is -0.140. The number of ether oxygens (including phenoxy) is 5. The fraction of sp³-hybridized carbons (Fsp3) is 0.873. The topological polar surface area (TPSA) is 160 Å². The van der Waals surface area contributed by atoms with Crippen molar-refractivity contribution in [1.82, 2.24) is 30.7 Å². The van der Waals surface area contributed by atoms with E-state index in [4.69, 9.17) is 23.7 Å². The van der Waals surface area contributed by atoms with Crippen LogP contribution in [0.2, 0.25) is 0 Å². The molecular weight excluding hydrogens is 985 g/mol. The maximum absolute atomic E-state index is 14.3. The summed E-state index contributed by atoms with van der Waals surface area (Å²) < 4.78 is 30.2. The van der Waals surface area contributed by atoms with Crippen LogP contribution in [0.25, 0.3) is 0 Å². The molecule has 15 heteroatoms. The van der Waals surface area contributed by atoms with E-state index < -0.39 is 6.04 Å². The number of amides is 3. The number of fused-ring (bicyclic) bond motifs is 1. The monoisotopic (exact) mass is 1090 g/mol. The zero-order valence-corrected chi connectivity index (χ0v) is 49.5. The maximum Gasteiger partial charge on any atom is 0.247 e. The third-order valence-corrected chi connectivity index (χ3v) is 20.4. The number of likely N-dealkylation sites (N-methyl/N-ethyl adjacent to an activating group) is 2. The molecule has 8 aliphatic rings. The molecule has 3 saturated heterocycles. The predicted molar refractivity (Wildman–Crippen MR) is 306 cm³/mol. The minimum Gasteiger partial charge on any atom is -0.381 e. The highest BCUT2D eigenvalue weighted by Crippen LogP contribution is 2.44. The second-order valence-electron chi connectivity index (χ2n) is 25.4. The molecule has 3 saturated carbocycles. The maximum atomic E-state index is 14.3. The molecule has 0 aromatic heterocycles. The quantitative estimate of drug-likeness (QED) is 0.0677. The summed E-state index contributed by atoms with van der Waals surface area (Å²) in [6.45, 7) is 20.5. The van der Waals surface area contributed by atoms with Crippen molar-refractivity contribution in [3.05, 3.63) is 22.3 Å². The van der Waals surface area contributed by atoms with Crippen molar-refractivity contribution in [3.8, 4) is 0 Å². The Kier molecular flexibility index (Phi) is 24.4. The van der Waals surface area contributed by atoms with Gasteiger partial charge in [0.2, 0.25) is 17.7 Å². The molecule has 7 atom stereocenters. The van der Waals surface area contributed by atoms with E-state index in [1.165, 1.54) is 31.3 Å². The van der Waals surface area contributed by atoms with E-state index >= 15 is 0 Å². The molecule has 78 heavy (non-hydrogen) atoms. The number of hydrogen-bond acceptors (Lipinski definition) is 12. The van der Waals surface area contributed by atoms with Gasteiger partial charge in [-0.05, 0) is 217 Å². The molecule has 0 radical (unpaired) electrons. The molecule has 15 nitrogen and oxygen atoms in total. The summed E-state index contributed by atoms with van der Waals surface area (Å²) >= 11 is 0. The number of rotatable bonds is 27. The summed E-state index contributed by atoms with van der Waals surface area (Å²) in [5.41, 5.74) is 4.22. The summed E-state index contributed by atoms with van der Waals surface area (Å²) in [5, 5.41) is 9.34. The van der Waals surface area contributed by atoms with Crippen LogP contribution < -0.4 is 16.0 Å². The second-order valence-corrected chi connectivity index (χ2v) is 25.4. The summed E-state index contributed by atoms with van der Waals surface area (Å²) in [5.74, 6) is 2.88. The summed E-state index contributed by atoms with van der Waals surface area (Å²) in [6.07, 6.45) is 24.3. The van der Waals surface area contributed by atoms with Gasteiger partial charge in [0, 0.05) is 62.5 Å². The summed E-state index contributed by atoms with van der Waals surface area (Å²) in [4.78, 5) is 61.9. The molecule has 6 fully saturated rings. The Morgan fingerprint density at radius 3 is 2.09 bits per heavy atom. The molecule has 442 valence electrons. The van der Waals surface area contributed by atoms with E-state index in [-0.39, 0.29) is 59.7 Å². The number of allylic oxidation sites excluding steroid dienone is 1. The van der Waals surface area contributed by atoms with E-state index in [9.17, 15) is 19.2 Å². The molecule has 3 N–H and O–H groups in total. The van der Waals surface area contributed by atoms with Gasteiger partial charge in [-0.1, -0.05) is 31.8 Å². The molecule has 8 rings (SSSR count). The highest BCUT2D eigenvalue weighted by Gasteiger charge is 2.45. The van der Waals surface area contributed by atoms with Crippen molar-refractivity contribution in [2.24, 2.45) is 29.6 Å². The van der Waals surface area contributed by atoms with Gasteiger partial charge < -0.3 is 49.4 Å². The Morgan fingerprint density at radius 2 is 1.44 bits per heavy atom. The molecule has 4 aliphatic heterocycles. The second kappa shape index (κ2) is 31.1. The number of piperidine rings is 1. The van der Waals surface area contributed by atoms with Crippen molar-refractivity contribution in [2.75, 3.05) is 92.6 Å². The highest BCUT2D eigenvalue weighted by atomic mass is 16.6. The third-order valence-electron chi connectivity index (χ3n) is 20.4. The van der Waals surface area contributed by atoms with Gasteiger partial charge in [-0.2, -0.15) is 0 Å². The van der Waals surface area contributed by atoms with Gasteiger partial charge in [-0.3, -0.25) is 24.1 Å². The van der Waals surface area contributed by atoms with Crippen LogP contribution in [-0.2, 0) is 42.9 Å². The number of carbonyl (C=O) groups excluding carboxylic acids is 4. The molecule has 0 bridgehead atoms. The van der Waals surface area contributed by atoms with Crippen LogP contribution in [0.5, 0.6) is 0 Å². The minimum atomic E-state index is -0.412. The average Bonchev–Trinajstić information content (AvgIpc) is 3.98. The highest BCUT2D eigenvalue weighted by molar-refractivity contribution is 5.99. The van der Waals surface area contributed by atoms with Crippen LogP contribution in [0.3, 0.4) is 0 Å². The largest absolute Gasteiger partial charge is 0.381 e. The van der Waals surface area contributed by atoms with E-state index in [1.807, 2.05) is 13.8 Å². The number of hydrogen-bond donors (Lipinski definition) is 3. The first kappa shape index (κ1) is 61.3. The van der Waals surface area contributed by atoms with Crippen molar-refractivity contribution < 1.29 is 42.9 Å². The standard InChI is InChI=1S/C63H106N6O9/c1-7-68(52-26-31-74-32-27-52)57-41-51(40-56(45(57)4)59(70)22-21-55-43(2)39-44(3)65-62(55)72)48-15-19-54(20-16-48)78-38-36-76-34-33-75-35-37-77-53-17-13-47(14-18-53)23-28-67-29-24-49-25-30-69(58(49)42-67)63(73)60(50-11-9-8-10-12-50)66-61(71)46(5)64-6/h44,46-54,57-58,60,64H,7-42H2,1-6H3,(H,65,72)(H,66,71). The Morgan fingerprint density at radius 1 is 0.782 bits per heavy atom. The first-order valence-electron chi connectivity index (χ1n) is 31.8. The van der Waals surface area contributed by atoms with Gasteiger partial charge in [0.25, 0.3) is 0 Å². The fourth-order valence-electron chi connectivity index (χ4n) is 15.5. The number of Topliss-reactive ketones (excluding diaryl/α,β-unsaturated/α-hetero) is 1. The normalized spacial score (nSPS) is 30.8.